The summed E-state index contributed by atoms with van der Waals surface area (Å²) in [6.07, 6.45) is 1.56. The maximum atomic E-state index is 12.2. The van der Waals surface area contributed by atoms with Gasteiger partial charge in [0, 0.05) is 16.8 Å². The first-order valence-corrected chi connectivity index (χ1v) is 10.2. The van der Waals surface area contributed by atoms with Gasteiger partial charge in [-0.3, -0.25) is 20.4 Å². The van der Waals surface area contributed by atoms with E-state index in [-0.39, 0.29) is 21.5 Å². The normalized spacial score (nSPS) is 11.0. The van der Waals surface area contributed by atoms with Crippen LogP contribution in [0.2, 0.25) is 5.02 Å². The van der Waals surface area contributed by atoms with Gasteiger partial charge in [0.15, 0.2) is 0 Å². The van der Waals surface area contributed by atoms with Gasteiger partial charge in [-0.05, 0) is 46.6 Å². The maximum Gasteiger partial charge on any atom is 0.289 e. The molecule has 2 amide bonds. The quantitative estimate of drug-likeness (QED) is 0.520. The van der Waals surface area contributed by atoms with Gasteiger partial charge in [0.2, 0.25) is 15.0 Å². The highest BCUT2D eigenvalue weighted by molar-refractivity contribution is 9.10. The molecule has 0 fully saturated rings. The number of nitrogens with one attached hydrogen (secondary N) is 2. The summed E-state index contributed by atoms with van der Waals surface area (Å²) in [5, 5.41) is 0.0213. The lowest BCUT2D eigenvalue weighted by Gasteiger charge is -2.09. The smallest absolute Gasteiger partial charge is 0.267 e. The van der Waals surface area contributed by atoms with Crippen molar-refractivity contribution in [1.82, 2.24) is 20.8 Å². The average molecular weight is 462 g/mol. The molecular weight excluding hydrogens is 448 g/mol. The third kappa shape index (κ3) is 4.99. The largest absolute Gasteiger partial charge is 0.289 e. The van der Waals surface area contributed by atoms with E-state index in [4.69, 9.17) is 11.6 Å². The van der Waals surface area contributed by atoms with Gasteiger partial charge in [0.05, 0.1) is 10.2 Å². The fourth-order valence-corrected chi connectivity index (χ4v) is 3.53. The van der Waals surface area contributed by atoms with E-state index in [2.05, 4.69) is 36.7 Å². The summed E-state index contributed by atoms with van der Waals surface area (Å²) in [4.78, 5) is 31.7. The molecule has 2 N–H and O–H groups in total. The number of hydrogen-bond acceptors (Lipinski definition) is 6. The first-order chi connectivity index (χ1) is 12.2. The number of hydrazine groups is 1. The topological polar surface area (TPSA) is 118 Å². The molecule has 0 atom stereocenters. The van der Waals surface area contributed by atoms with Crippen molar-refractivity contribution in [3.05, 3.63) is 51.2 Å². The Morgan fingerprint density at radius 2 is 1.77 bits per heavy atom. The molecule has 1 heterocycles. The molecule has 1 aromatic heterocycles. The number of halogens is 2. The van der Waals surface area contributed by atoms with Crippen molar-refractivity contribution in [1.29, 1.82) is 0 Å². The molecule has 0 bridgehead atoms. The second-order valence-corrected chi connectivity index (χ2v) is 8.38. The Kier molecular flexibility index (Phi) is 6.68. The molecule has 8 nitrogen and oxygen atoms in total. The minimum atomic E-state index is -3.68. The van der Waals surface area contributed by atoms with Gasteiger partial charge in [0.25, 0.3) is 11.8 Å². The average Bonchev–Trinajstić information content (AvgIpc) is 2.60. The lowest BCUT2D eigenvalue weighted by molar-refractivity contribution is 0.0843. The van der Waals surface area contributed by atoms with Crippen LogP contribution in [0, 0.1) is 0 Å². The van der Waals surface area contributed by atoms with Gasteiger partial charge in [-0.1, -0.05) is 18.5 Å². The number of hydrogen-bond donors (Lipinski definition) is 2. The van der Waals surface area contributed by atoms with E-state index in [0.29, 0.717) is 11.4 Å². The molecule has 11 heteroatoms. The van der Waals surface area contributed by atoms with Crippen molar-refractivity contribution in [2.45, 2.75) is 18.5 Å². The number of sulfone groups is 1. The molecular formula is C15H14BrClN4O4S. The molecule has 0 aliphatic heterocycles. The number of carbonyl (C=O) groups is 2. The SMILES string of the molecule is CCCS(=O)(=O)c1ncc(Br)c(C(=O)NNC(=O)c2ccc(Cl)cc2)n1. The van der Waals surface area contributed by atoms with Crippen LogP contribution >= 0.6 is 27.5 Å². The summed E-state index contributed by atoms with van der Waals surface area (Å²) in [7, 11) is -3.68. The highest BCUT2D eigenvalue weighted by Crippen LogP contribution is 2.16. The highest BCUT2D eigenvalue weighted by atomic mass is 79.9. The molecule has 0 saturated carbocycles. The fourth-order valence-electron chi connectivity index (χ4n) is 1.87. The van der Waals surface area contributed by atoms with Crippen LogP contribution in [0.15, 0.2) is 40.1 Å². The molecule has 2 aromatic rings. The van der Waals surface area contributed by atoms with Gasteiger partial charge in [0.1, 0.15) is 5.69 Å². The molecule has 0 spiro atoms. The number of rotatable bonds is 5. The molecule has 1 aromatic carbocycles. The van der Waals surface area contributed by atoms with E-state index in [1.807, 2.05) is 0 Å². The molecule has 0 saturated heterocycles. The maximum absolute atomic E-state index is 12.2. The Labute approximate surface area is 163 Å². The third-order valence-electron chi connectivity index (χ3n) is 3.08. The van der Waals surface area contributed by atoms with Crippen LogP contribution in [0.4, 0.5) is 0 Å². The van der Waals surface area contributed by atoms with E-state index in [0.717, 1.165) is 0 Å². The van der Waals surface area contributed by atoms with Gasteiger partial charge in [-0.2, -0.15) is 0 Å². The second kappa shape index (κ2) is 8.56. The van der Waals surface area contributed by atoms with E-state index in [9.17, 15) is 18.0 Å². The van der Waals surface area contributed by atoms with Crippen LogP contribution in [-0.2, 0) is 9.84 Å². The van der Waals surface area contributed by atoms with Crippen molar-refractivity contribution in [2.24, 2.45) is 0 Å². The summed E-state index contributed by atoms with van der Waals surface area (Å²) in [6, 6.07) is 6.04. The van der Waals surface area contributed by atoms with Crippen LogP contribution in [-0.4, -0.2) is 36.0 Å². The molecule has 0 radical (unpaired) electrons. The van der Waals surface area contributed by atoms with Gasteiger partial charge in [-0.15, -0.1) is 0 Å². The number of nitrogens with zero attached hydrogens (tertiary/aromatic N) is 2. The standard InChI is InChI=1S/C15H14BrClN4O4S/c1-2-7-26(24,25)15-18-8-11(16)12(19-15)14(23)21-20-13(22)9-3-5-10(17)6-4-9/h3-6,8H,2,7H2,1H3,(H,20,22)(H,21,23). The van der Waals surface area contributed by atoms with Crippen molar-refractivity contribution in [2.75, 3.05) is 5.75 Å². The van der Waals surface area contributed by atoms with Gasteiger partial charge in [-0.25, -0.2) is 18.4 Å². The number of carbonyl (C=O) groups excluding carboxylic acids is 2. The Morgan fingerprint density at radius 3 is 2.38 bits per heavy atom. The number of aromatic nitrogens is 2. The zero-order valence-corrected chi connectivity index (χ0v) is 16.7. The zero-order chi connectivity index (χ0) is 19.3. The highest BCUT2D eigenvalue weighted by Gasteiger charge is 2.21. The Hall–Kier alpha value is -2.04. The first kappa shape index (κ1) is 20.3. The molecule has 138 valence electrons. The van der Waals surface area contributed by atoms with Crippen LogP contribution in [0.5, 0.6) is 0 Å². The number of benzene rings is 1. The molecule has 26 heavy (non-hydrogen) atoms. The van der Waals surface area contributed by atoms with Crippen LogP contribution in [0.3, 0.4) is 0 Å². The minimum absolute atomic E-state index is 0.136. The van der Waals surface area contributed by atoms with Crippen molar-refractivity contribution < 1.29 is 18.0 Å². The molecule has 2 rings (SSSR count). The van der Waals surface area contributed by atoms with E-state index < -0.39 is 26.8 Å². The summed E-state index contributed by atoms with van der Waals surface area (Å²) in [5.74, 6) is -1.50. The van der Waals surface area contributed by atoms with E-state index in [1.165, 1.54) is 30.5 Å². The second-order valence-electron chi connectivity index (χ2n) is 5.08. The summed E-state index contributed by atoms with van der Waals surface area (Å²) < 4.78 is 24.3. The Morgan fingerprint density at radius 1 is 1.15 bits per heavy atom. The first-order valence-electron chi connectivity index (χ1n) is 7.36. The number of amides is 2. The fraction of sp³-hybridized carbons (Fsp3) is 0.200. The summed E-state index contributed by atoms with van der Waals surface area (Å²) in [6.45, 7) is 1.70. The predicted molar refractivity (Wildman–Crippen MR) is 98.5 cm³/mol. The molecule has 0 aliphatic rings. The Balaban J connectivity index is 2.14. The summed E-state index contributed by atoms with van der Waals surface area (Å²) >= 11 is 8.83. The van der Waals surface area contributed by atoms with E-state index >= 15 is 0 Å². The molecule has 0 aliphatic carbocycles. The monoisotopic (exact) mass is 460 g/mol. The predicted octanol–water partition coefficient (Wildman–Crippen LogP) is 2.15. The van der Waals surface area contributed by atoms with Crippen LogP contribution in [0.1, 0.15) is 34.2 Å². The van der Waals surface area contributed by atoms with Crippen LogP contribution in [0.25, 0.3) is 0 Å². The van der Waals surface area contributed by atoms with Crippen molar-refractivity contribution in [3.63, 3.8) is 0 Å². The Bertz CT molecular complexity index is 935. The lowest BCUT2D eigenvalue weighted by atomic mass is 10.2. The lowest BCUT2D eigenvalue weighted by Crippen LogP contribution is -2.42. The molecule has 0 unspecified atom stereocenters. The zero-order valence-electron chi connectivity index (χ0n) is 13.5. The van der Waals surface area contributed by atoms with Crippen molar-refractivity contribution in [3.8, 4) is 0 Å². The third-order valence-corrected chi connectivity index (χ3v) is 5.62. The summed E-state index contributed by atoms with van der Waals surface area (Å²) in [5.41, 5.74) is 4.46. The minimum Gasteiger partial charge on any atom is -0.267 e. The van der Waals surface area contributed by atoms with E-state index in [1.54, 1.807) is 6.92 Å². The van der Waals surface area contributed by atoms with Gasteiger partial charge >= 0.3 is 0 Å². The van der Waals surface area contributed by atoms with Crippen molar-refractivity contribution >= 4 is 49.2 Å². The van der Waals surface area contributed by atoms with Crippen LogP contribution < -0.4 is 10.9 Å². The van der Waals surface area contributed by atoms with Gasteiger partial charge < -0.3 is 0 Å².